The second-order valence-corrected chi connectivity index (χ2v) is 11.3. The van der Waals surface area contributed by atoms with Gasteiger partial charge in [-0.05, 0) is 74.6 Å². The minimum Gasteiger partial charge on any atom is -0.493 e. The Bertz CT molecular complexity index is 1530. The predicted molar refractivity (Wildman–Crippen MR) is 150 cm³/mol. The van der Waals surface area contributed by atoms with E-state index >= 15 is 0 Å². The highest BCUT2D eigenvalue weighted by Gasteiger charge is 2.33. The van der Waals surface area contributed by atoms with Gasteiger partial charge in [0.15, 0.2) is 0 Å². The first kappa shape index (κ1) is 23.4. The Morgan fingerprint density at radius 2 is 1.87 bits per heavy atom. The number of nitrogens with zero attached hydrogens (tertiary/aromatic N) is 4. The van der Waals surface area contributed by atoms with Gasteiger partial charge in [-0.3, -0.25) is 4.79 Å². The van der Waals surface area contributed by atoms with Gasteiger partial charge in [0.25, 0.3) is 5.91 Å². The maximum atomic E-state index is 12.9. The first-order valence-electron chi connectivity index (χ1n) is 13.5. The van der Waals surface area contributed by atoms with Gasteiger partial charge in [-0.2, -0.15) is 0 Å². The third kappa shape index (κ3) is 3.89. The van der Waals surface area contributed by atoms with Crippen LogP contribution < -0.4 is 4.74 Å². The number of H-pyrrole nitrogens is 1. The van der Waals surface area contributed by atoms with E-state index < -0.39 is 0 Å². The van der Waals surface area contributed by atoms with Crippen molar-refractivity contribution in [2.24, 2.45) is 0 Å². The molecule has 0 saturated carbocycles. The zero-order chi connectivity index (χ0) is 26.0. The first-order valence-corrected chi connectivity index (χ1v) is 13.5. The number of aromatic nitrogens is 2. The van der Waals surface area contributed by atoms with Gasteiger partial charge >= 0.3 is 0 Å². The minimum absolute atomic E-state index is 0.101. The maximum Gasteiger partial charge on any atom is 0.253 e. The van der Waals surface area contributed by atoms with Gasteiger partial charge in [-0.15, -0.1) is 0 Å². The van der Waals surface area contributed by atoms with Crippen LogP contribution >= 0.6 is 0 Å². The molecule has 7 nitrogen and oxygen atoms in total. The first-order chi connectivity index (χ1) is 18.4. The van der Waals surface area contributed by atoms with Crippen molar-refractivity contribution in [3.8, 4) is 28.0 Å². The van der Waals surface area contributed by atoms with Gasteiger partial charge in [0.1, 0.15) is 11.4 Å². The van der Waals surface area contributed by atoms with Crippen molar-refractivity contribution >= 4 is 16.9 Å². The van der Waals surface area contributed by atoms with E-state index in [4.69, 9.17) is 9.72 Å². The molecule has 7 heteroatoms. The number of benzene rings is 2. The number of amides is 1. The lowest BCUT2D eigenvalue weighted by molar-refractivity contribution is 0.0399. The van der Waals surface area contributed by atoms with Crippen molar-refractivity contribution in [2.75, 3.05) is 47.4 Å². The Labute approximate surface area is 223 Å². The van der Waals surface area contributed by atoms with Crippen LogP contribution in [0.25, 0.3) is 33.3 Å². The molecule has 3 aliphatic heterocycles. The van der Waals surface area contributed by atoms with Crippen LogP contribution in [-0.2, 0) is 6.54 Å². The van der Waals surface area contributed by atoms with Crippen LogP contribution in [-0.4, -0.2) is 84.0 Å². The highest BCUT2D eigenvalue weighted by Crippen LogP contribution is 2.43. The second-order valence-electron chi connectivity index (χ2n) is 11.3. The van der Waals surface area contributed by atoms with E-state index in [1.54, 1.807) is 0 Å². The summed E-state index contributed by atoms with van der Waals surface area (Å²) in [5.41, 5.74) is 8.73. The Morgan fingerprint density at radius 3 is 2.66 bits per heavy atom. The highest BCUT2D eigenvalue weighted by molar-refractivity contribution is 5.98. The molecule has 0 radical (unpaired) electrons. The molecule has 1 fully saturated rings. The van der Waals surface area contributed by atoms with E-state index in [2.05, 4.69) is 54.1 Å². The Morgan fingerprint density at radius 1 is 1.05 bits per heavy atom. The number of likely N-dealkylation sites (N-methyl/N-ethyl adjacent to an activating group) is 2. The number of hydrogen-bond donors (Lipinski definition) is 1. The zero-order valence-corrected chi connectivity index (χ0v) is 22.2. The van der Waals surface area contributed by atoms with Crippen molar-refractivity contribution < 1.29 is 9.53 Å². The Kier molecular flexibility index (Phi) is 5.53. The third-order valence-corrected chi connectivity index (χ3v) is 8.52. The molecule has 1 saturated heterocycles. The molecular formula is C31H33N5O2. The number of rotatable bonds is 4. The van der Waals surface area contributed by atoms with Crippen LogP contribution in [0, 0.1) is 0 Å². The van der Waals surface area contributed by atoms with Gasteiger partial charge in [-0.25, -0.2) is 4.98 Å². The Hall–Kier alpha value is -3.68. The summed E-state index contributed by atoms with van der Waals surface area (Å²) in [6, 6.07) is 15.1. The quantitative estimate of drug-likeness (QED) is 0.438. The molecule has 1 unspecified atom stereocenters. The van der Waals surface area contributed by atoms with E-state index in [1.165, 1.54) is 11.1 Å². The summed E-state index contributed by atoms with van der Waals surface area (Å²) in [6.45, 7) is 4.40. The molecule has 0 aliphatic carbocycles. The van der Waals surface area contributed by atoms with Crippen molar-refractivity contribution in [2.45, 2.75) is 24.9 Å². The number of likely N-dealkylation sites (tertiary alicyclic amines) is 1. The molecule has 0 bridgehead atoms. The fourth-order valence-electron chi connectivity index (χ4n) is 6.26. The number of ether oxygens (including phenoxy) is 1. The predicted octanol–water partition coefficient (Wildman–Crippen LogP) is 4.59. The number of fused-ring (bicyclic) bond motifs is 1. The van der Waals surface area contributed by atoms with E-state index in [-0.39, 0.29) is 5.91 Å². The summed E-state index contributed by atoms with van der Waals surface area (Å²) in [5.74, 6) is 1.70. The summed E-state index contributed by atoms with van der Waals surface area (Å²) < 4.78 is 6.13. The molecule has 2 aromatic carbocycles. The number of carbonyl (C=O) groups is 1. The lowest BCUT2D eigenvalue weighted by Crippen LogP contribution is -2.59. The van der Waals surface area contributed by atoms with Crippen LogP contribution in [0.2, 0.25) is 0 Å². The fraction of sp³-hybridized carbons (Fsp3) is 0.355. The van der Waals surface area contributed by atoms with Crippen LogP contribution in [0.1, 0.15) is 33.8 Å². The van der Waals surface area contributed by atoms with Crippen molar-refractivity contribution in [1.82, 2.24) is 24.7 Å². The van der Waals surface area contributed by atoms with Crippen LogP contribution in [0.3, 0.4) is 0 Å². The number of carbonyl (C=O) groups excluding carboxylic acids is 1. The molecule has 7 rings (SSSR count). The summed E-state index contributed by atoms with van der Waals surface area (Å²) in [7, 11) is 6.33. The Balaban J connectivity index is 1.19. The molecule has 38 heavy (non-hydrogen) atoms. The molecule has 1 atom stereocenters. The standard InChI is InChI=1S/C31H33N5O2/c1-34(2)25-17-36(18-25)31(37)20-6-4-19(5-7-20)27-14-33-30-26(27)11-23(13-32-30)22-10-24-16-35(3)15-21-8-9-38-28(12-22)29(21)24/h4-7,10-14,21,25H,8-9,15-18H2,1-3H3,(H,32,33). The molecule has 2 aromatic heterocycles. The minimum atomic E-state index is 0.101. The summed E-state index contributed by atoms with van der Waals surface area (Å²) in [6.07, 6.45) is 5.04. The highest BCUT2D eigenvalue weighted by atomic mass is 16.5. The van der Waals surface area contributed by atoms with Crippen molar-refractivity contribution in [3.63, 3.8) is 0 Å². The summed E-state index contributed by atoms with van der Waals surface area (Å²) in [5, 5.41) is 1.07. The third-order valence-electron chi connectivity index (χ3n) is 8.52. The molecule has 1 amide bonds. The lowest BCUT2D eigenvalue weighted by atomic mass is 9.84. The lowest BCUT2D eigenvalue weighted by Gasteiger charge is -2.42. The number of nitrogens with one attached hydrogen (secondary N) is 1. The van der Waals surface area contributed by atoms with Gasteiger partial charge in [0.05, 0.1) is 6.61 Å². The molecule has 3 aliphatic rings. The molecule has 4 aromatic rings. The normalized spacial score (nSPS) is 19.4. The molecule has 1 N–H and O–H groups in total. The monoisotopic (exact) mass is 507 g/mol. The van der Waals surface area contributed by atoms with Gasteiger partial charge in [0, 0.05) is 78.2 Å². The number of aromatic amines is 1. The molecule has 5 heterocycles. The van der Waals surface area contributed by atoms with Crippen LogP contribution in [0.4, 0.5) is 0 Å². The van der Waals surface area contributed by atoms with Crippen molar-refractivity contribution in [3.05, 3.63) is 71.5 Å². The SMILES string of the molecule is CN1Cc2cc(-c3cnc4[nH]cc(-c5ccc(C(=O)N6CC(N(C)C)C6)cc5)c4c3)cc3c2C(CCO3)C1. The van der Waals surface area contributed by atoms with Crippen molar-refractivity contribution in [1.29, 1.82) is 0 Å². The maximum absolute atomic E-state index is 12.9. The zero-order valence-electron chi connectivity index (χ0n) is 22.2. The summed E-state index contributed by atoms with van der Waals surface area (Å²) >= 11 is 0. The molecular weight excluding hydrogens is 474 g/mol. The van der Waals surface area contributed by atoms with Gasteiger partial charge in [0.2, 0.25) is 0 Å². The van der Waals surface area contributed by atoms with E-state index in [9.17, 15) is 4.79 Å². The van der Waals surface area contributed by atoms with Gasteiger partial charge in [-0.1, -0.05) is 12.1 Å². The smallest absolute Gasteiger partial charge is 0.253 e. The number of hydrogen-bond acceptors (Lipinski definition) is 5. The number of pyridine rings is 1. The van der Waals surface area contributed by atoms with E-state index in [1.807, 2.05) is 41.6 Å². The fourth-order valence-corrected chi connectivity index (χ4v) is 6.26. The van der Waals surface area contributed by atoms with Crippen LogP contribution in [0.5, 0.6) is 5.75 Å². The topological polar surface area (TPSA) is 64.7 Å². The molecule has 0 spiro atoms. The largest absolute Gasteiger partial charge is 0.493 e. The van der Waals surface area contributed by atoms with Crippen LogP contribution in [0.15, 0.2) is 54.9 Å². The van der Waals surface area contributed by atoms with E-state index in [0.717, 1.165) is 83.8 Å². The van der Waals surface area contributed by atoms with Gasteiger partial charge < -0.3 is 24.4 Å². The summed E-state index contributed by atoms with van der Waals surface area (Å²) in [4.78, 5) is 27.5. The average molecular weight is 508 g/mol. The average Bonchev–Trinajstić information content (AvgIpc) is 3.31. The second kappa shape index (κ2) is 8.96. The van der Waals surface area contributed by atoms with E-state index in [0.29, 0.717) is 12.0 Å². The molecule has 194 valence electrons.